The zero-order valence-electron chi connectivity index (χ0n) is 26.6. The van der Waals surface area contributed by atoms with Crippen LogP contribution >= 0.6 is 11.3 Å². The maximum absolute atomic E-state index is 14.4. The number of esters is 1. The highest BCUT2D eigenvalue weighted by Crippen LogP contribution is 2.40. The molecule has 0 amide bonds. The minimum atomic E-state index is -0.957. The van der Waals surface area contributed by atoms with Gasteiger partial charge in [0.2, 0.25) is 0 Å². The van der Waals surface area contributed by atoms with E-state index in [0.717, 1.165) is 27.7 Å². The molecule has 48 heavy (non-hydrogen) atoms. The third-order valence-electron chi connectivity index (χ3n) is 7.97. The molecule has 244 valence electrons. The molecule has 0 saturated heterocycles. The third-order valence-corrected chi connectivity index (χ3v) is 8.96. The number of benzene rings is 4. The predicted molar refractivity (Wildman–Crippen MR) is 181 cm³/mol. The van der Waals surface area contributed by atoms with Crippen LogP contribution in [0.4, 0.5) is 5.69 Å². The van der Waals surface area contributed by atoms with Gasteiger partial charge in [-0.2, -0.15) is 0 Å². The SMILES string of the molecule is CCOC(=O)C1=C(C)N=c2s/c(=C\c3cc(OC)c(OCc4ccccc4)cc3[N+](=O)[O-])c(=O)n2[C@@H]1c1c(OC)ccc2ccccc12. The van der Waals surface area contributed by atoms with Crippen molar-refractivity contribution >= 4 is 39.8 Å². The van der Waals surface area contributed by atoms with E-state index in [1.165, 1.54) is 37.0 Å². The second kappa shape index (κ2) is 13.5. The molecule has 11 nitrogen and oxygen atoms in total. The summed E-state index contributed by atoms with van der Waals surface area (Å²) in [6.07, 6.45) is 1.44. The largest absolute Gasteiger partial charge is 0.496 e. The van der Waals surface area contributed by atoms with Crippen LogP contribution in [0.2, 0.25) is 0 Å². The van der Waals surface area contributed by atoms with Crippen molar-refractivity contribution in [1.29, 1.82) is 0 Å². The van der Waals surface area contributed by atoms with Gasteiger partial charge in [-0.15, -0.1) is 0 Å². The fourth-order valence-corrected chi connectivity index (χ4v) is 6.83. The highest BCUT2D eigenvalue weighted by atomic mass is 32.1. The van der Waals surface area contributed by atoms with Crippen LogP contribution in [-0.2, 0) is 16.1 Å². The highest BCUT2D eigenvalue weighted by Gasteiger charge is 2.36. The van der Waals surface area contributed by atoms with E-state index in [2.05, 4.69) is 4.99 Å². The zero-order valence-corrected chi connectivity index (χ0v) is 27.4. The van der Waals surface area contributed by atoms with Crippen molar-refractivity contribution < 1.29 is 28.7 Å². The van der Waals surface area contributed by atoms with Crippen LogP contribution in [0.3, 0.4) is 0 Å². The van der Waals surface area contributed by atoms with Crippen molar-refractivity contribution in [2.24, 2.45) is 4.99 Å². The number of allylic oxidation sites excluding steroid dienone is 1. The summed E-state index contributed by atoms with van der Waals surface area (Å²) in [5.74, 6) is 0.300. The van der Waals surface area contributed by atoms with Crippen LogP contribution in [0, 0.1) is 10.1 Å². The average Bonchev–Trinajstić information content (AvgIpc) is 3.40. The van der Waals surface area contributed by atoms with Gasteiger partial charge in [0.15, 0.2) is 16.3 Å². The monoisotopic (exact) mass is 665 g/mol. The average molecular weight is 666 g/mol. The Hall–Kier alpha value is -5.75. The molecule has 1 atom stereocenters. The van der Waals surface area contributed by atoms with Crippen LogP contribution in [-0.4, -0.2) is 36.3 Å². The topological polar surface area (TPSA) is 131 Å². The molecular formula is C36H31N3O8S. The number of nitrogens with zero attached hydrogens (tertiary/aromatic N) is 3. The van der Waals surface area contributed by atoms with E-state index in [1.807, 2.05) is 60.7 Å². The van der Waals surface area contributed by atoms with Crippen molar-refractivity contribution in [1.82, 2.24) is 4.57 Å². The first-order chi connectivity index (χ1) is 23.2. The maximum atomic E-state index is 14.4. The first kappa shape index (κ1) is 32.2. The van der Waals surface area contributed by atoms with Crippen LogP contribution in [0.15, 0.2) is 99.9 Å². The summed E-state index contributed by atoms with van der Waals surface area (Å²) in [6.45, 7) is 3.69. The molecule has 0 spiro atoms. The second-order valence-electron chi connectivity index (χ2n) is 10.8. The number of carbonyl (C=O) groups excluding carboxylic acids is 1. The van der Waals surface area contributed by atoms with E-state index in [4.69, 9.17) is 18.9 Å². The van der Waals surface area contributed by atoms with E-state index in [9.17, 15) is 19.7 Å². The van der Waals surface area contributed by atoms with E-state index in [1.54, 1.807) is 19.9 Å². The summed E-state index contributed by atoms with van der Waals surface area (Å²) >= 11 is 1.06. The lowest BCUT2D eigenvalue weighted by molar-refractivity contribution is -0.385. The molecule has 0 radical (unpaired) electrons. The predicted octanol–water partition coefficient (Wildman–Crippen LogP) is 5.46. The standard InChI is InChI=1S/C36H31N3O8S/c1-5-46-35(41)31-21(2)37-36-38(33(31)32-25-14-10-9-13-23(25)15-16-27(32)44-3)34(40)30(48-36)18-24-17-28(45-4)29(19-26(24)39(42)43)47-20-22-11-7-6-8-12-22/h6-19,33H,5,20H2,1-4H3/b30-18-/t33-/m0/s1. The van der Waals surface area contributed by atoms with Crippen LogP contribution < -0.4 is 29.1 Å². The Kier molecular flexibility index (Phi) is 9.08. The summed E-state index contributed by atoms with van der Waals surface area (Å²) in [7, 11) is 2.96. The molecular weight excluding hydrogens is 634 g/mol. The number of methoxy groups -OCH3 is 2. The first-order valence-corrected chi connectivity index (χ1v) is 15.9. The summed E-state index contributed by atoms with van der Waals surface area (Å²) in [4.78, 5) is 44.6. The number of hydrogen-bond acceptors (Lipinski definition) is 10. The number of nitro groups is 1. The van der Waals surface area contributed by atoms with E-state index in [-0.39, 0.29) is 46.1 Å². The molecule has 0 fully saturated rings. The Bertz CT molecular complexity index is 2270. The van der Waals surface area contributed by atoms with E-state index < -0.39 is 22.5 Å². The number of aromatic nitrogens is 1. The lowest BCUT2D eigenvalue weighted by atomic mass is 9.90. The lowest BCUT2D eigenvalue weighted by Gasteiger charge is -2.27. The minimum absolute atomic E-state index is 0.121. The Morgan fingerprint density at radius 1 is 1.00 bits per heavy atom. The second-order valence-corrected chi connectivity index (χ2v) is 11.8. The number of carbonyl (C=O) groups is 1. The quantitative estimate of drug-likeness (QED) is 0.109. The summed E-state index contributed by atoms with van der Waals surface area (Å²) in [5, 5.41) is 13.9. The molecule has 1 aliphatic heterocycles. The first-order valence-electron chi connectivity index (χ1n) is 15.0. The van der Waals surface area contributed by atoms with Crippen LogP contribution in [0.1, 0.15) is 36.6 Å². The fourth-order valence-electron chi connectivity index (χ4n) is 5.79. The minimum Gasteiger partial charge on any atom is -0.496 e. The zero-order chi connectivity index (χ0) is 33.9. The molecule has 1 aromatic heterocycles. The van der Waals surface area contributed by atoms with Gasteiger partial charge in [-0.3, -0.25) is 19.5 Å². The number of fused-ring (bicyclic) bond motifs is 2. The van der Waals surface area contributed by atoms with Crippen LogP contribution in [0.25, 0.3) is 16.8 Å². The van der Waals surface area contributed by atoms with Gasteiger partial charge in [-0.25, -0.2) is 9.79 Å². The molecule has 5 aromatic rings. The third kappa shape index (κ3) is 5.93. The molecule has 1 aliphatic rings. The number of hydrogen-bond donors (Lipinski definition) is 0. The normalized spacial score (nSPS) is 14.3. The molecule has 12 heteroatoms. The van der Waals surface area contributed by atoms with Gasteiger partial charge in [0, 0.05) is 5.56 Å². The van der Waals surface area contributed by atoms with E-state index in [0.29, 0.717) is 21.8 Å². The highest BCUT2D eigenvalue weighted by molar-refractivity contribution is 7.07. The molecule has 0 bridgehead atoms. The molecule has 6 rings (SSSR count). The molecule has 0 saturated carbocycles. The summed E-state index contributed by atoms with van der Waals surface area (Å²) < 4.78 is 24.3. The number of rotatable bonds is 10. The van der Waals surface area contributed by atoms with Gasteiger partial charge in [0.1, 0.15) is 18.4 Å². The van der Waals surface area contributed by atoms with Crippen molar-refractivity contribution in [3.63, 3.8) is 0 Å². The fraction of sp³-hybridized carbons (Fsp3) is 0.194. The molecule has 0 aliphatic carbocycles. The van der Waals surface area contributed by atoms with Gasteiger partial charge in [-0.05, 0) is 48.4 Å². The molecule has 0 unspecified atom stereocenters. The molecule has 2 heterocycles. The van der Waals surface area contributed by atoms with Crippen molar-refractivity contribution in [2.45, 2.75) is 26.5 Å². The summed E-state index contributed by atoms with van der Waals surface area (Å²) in [6, 6.07) is 22.5. The Morgan fingerprint density at radius 3 is 2.44 bits per heavy atom. The number of ether oxygens (including phenoxy) is 4. The number of nitro benzene ring substituents is 1. The smallest absolute Gasteiger partial charge is 0.338 e. The molecule has 0 N–H and O–H groups in total. The van der Waals surface area contributed by atoms with Gasteiger partial charge in [-0.1, -0.05) is 72.0 Å². The van der Waals surface area contributed by atoms with Crippen molar-refractivity contribution in [3.8, 4) is 17.2 Å². The van der Waals surface area contributed by atoms with Crippen molar-refractivity contribution in [2.75, 3.05) is 20.8 Å². The van der Waals surface area contributed by atoms with E-state index >= 15 is 0 Å². The Balaban J connectivity index is 1.55. The Labute approximate surface area is 278 Å². The van der Waals surface area contributed by atoms with Gasteiger partial charge in [0.25, 0.3) is 11.2 Å². The maximum Gasteiger partial charge on any atom is 0.338 e. The Morgan fingerprint density at radius 2 is 1.73 bits per heavy atom. The van der Waals surface area contributed by atoms with Crippen molar-refractivity contribution in [3.05, 3.63) is 137 Å². The van der Waals surface area contributed by atoms with Crippen LogP contribution in [0.5, 0.6) is 17.2 Å². The van der Waals surface area contributed by atoms with Gasteiger partial charge < -0.3 is 18.9 Å². The van der Waals surface area contributed by atoms with Gasteiger partial charge in [0.05, 0.1) is 53.2 Å². The molecule has 4 aromatic carbocycles. The summed E-state index contributed by atoms with van der Waals surface area (Å²) in [5.41, 5.74) is 1.41. The lowest BCUT2D eigenvalue weighted by Crippen LogP contribution is -2.40. The number of thiazole rings is 1. The van der Waals surface area contributed by atoms with Gasteiger partial charge >= 0.3 is 5.97 Å².